The van der Waals surface area contributed by atoms with Gasteiger partial charge < -0.3 is 5.11 Å². The van der Waals surface area contributed by atoms with Gasteiger partial charge in [-0.1, -0.05) is 17.9 Å². The van der Waals surface area contributed by atoms with Crippen LogP contribution in [0.25, 0.3) is 0 Å². The number of rotatable bonds is 3. The van der Waals surface area contributed by atoms with Gasteiger partial charge in [-0.2, -0.15) is 0 Å². The fourth-order valence-electron chi connectivity index (χ4n) is 1.36. The molecule has 0 amide bonds. The maximum absolute atomic E-state index is 12.2. The molecule has 0 heterocycles. The van der Waals surface area contributed by atoms with Gasteiger partial charge in [0.05, 0.1) is 17.0 Å². The van der Waals surface area contributed by atoms with Crippen molar-refractivity contribution in [3.05, 3.63) is 29.3 Å². The third-order valence-electron chi connectivity index (χ3n) is 2.69. The first kappa shape index (κ1) is 16.5. The van der Waals surface area contributed by atoms with Gasteiger partial charge in [0, 0.05) is 12.0 Å². The molecule has 0 saturated carbocycles. The minimum atomic E-state index is -3.48. The summed E-state index contributed by atoms with van der Waals surface area (Å²) in [6.45, 7) is 6.82. The first-order valence-corrected chi connectivity index (χ1v) is 7.88. The van der Waals surface area contributed by atoms with Gasteiger partial charge in [-0.05, 0) is 45.4 Å². The number of hydrogen-bond donors (Lipinski definition) is 2. The standard InChI is InChI=1S/C15H21NO3S/c1-12-8-9-14(13(11-12)7-5-6-10-17)16-20(18,19)15(2,3)4/h8-9,11,16-17H,6,10H2,1-4H3. The molecule has 110 valence electrons. The van der Waals surface area contributed by atoms with Crippen LogP contribution in [0.1, 0.15) is 38.3 Å². The Bertz CT molecular complexity index is 631. The first-order valence-electron chi connectivity index (χ1n) is 6.40. The lowest BCUT2D eigenvalue weighted by atomic mass is 10.1. The summed E-state index contributed by atoms with van der Waals surface area (Å²) in [5.41, 5.74) is 2.08. The van der Waals surface area contributed by atoms with E-state index in [4.69, 9.17) is 5.11 Å². The Labute approximate surface area is 121 Å². The van der Waals surface area contributed by atoms with E-state index in [-0.39, 0.29) is 6.61 Å². The van der Waals surface area contributed by atoms with E-state index in [1.807, 2.05) is 19.1 Å². The van der Waals surface area contributed by atoms with Crippen LogP contribution in [0.3, 0.4) is 0 Å². The molecule has 0 spiro atoms. The lowest BCUT2D eigenvalue weighted by Gasteiger charge is -2.21. The second-order valence-corrected chi connectivity index (χ2v) is 7.98. The number of benzene rings is 1. The molecule has 1 rings (SSSR count). The minimum Gasteiger partial charge on any atom is -0.395 e. The molecule has 0 fully saturated rings. The summed E-state index contributed by atoms with van der Waals surface area (Å²) < 4.78 is 26.1. The van der Waals surface area contributed by atoms with Crippen LogP contribution < -0.4 is 4.72 Å². The van der Waals surface area contributed by atoms with Crippen molar-refractivity contribution in [1.29, 1.82) is 0 Å². The quantitative estimate of drug-likeness (QED) is 0.841. The van der Waals surface area contributed by atoms with Crippen LogP contribution in [0.5, 0.6) is 0 Å². The van der Waals surface area contributed by atoms with E-state index in [1.165, 1.54) is 0 Å². The van der Waals surface area contributed by atoms with Crippen LogP contribution >= 0.6 is 0 Å². The molecule has 0 aliphatic rings. The molecule has 20 heavy (non-hydrogen) atoms. The maximum Gasteiger partial charge on any atom is 0.237 e. The minimum absolute atomic E-state index is 0.0120. The molecular formula is C15H21NO3S. The zero-order valence-electron chi connectivity index (χ0n) is 12.3. The normalized spacial score (nSPS) is 11.7. The molecule has 0 radical (unpaired) electrons. The Hall–Kier alpha value is -1.51. The largest absolute Gasteiger partial charge is 0.395 e. The van der Waals surface area contributed by atoms with E-state index in [1.54, 1.807) is 26.8 Å². The zero-order chi connectivity index (χ0) is 15.4. The second kappa shape index (κ2) is 6.29. The molecule has 5 heteroatoms. The number of hydrogen-bond acceptors (Lipinski definition) is 3. The molecule has 2 N–H and O–H groups in total. The van der Waals surface area contributed by atoms with Crippen molar-refractivity contribution >= 4 is 15.7 Å². The van der Waals surface area contributed by atoms with E-state index in [2.05, 4.69) is 16.6 Å². The molecule has 0 saturated heterocycles. The highest BCUT2D eigenvalue weighted by atomic mass is 32.2. The molecule has 0 aromatic heterocycles. The maximum atomic E-state index is 12.2. The fraction of sp³-hybridized carbons (Fsp3) is 0.467. The van der Waals surface area contributed by atoms with Gasteiger partial charge in [0.1, 0.15) is 0 Å². The summed E-state index contributed by atoms with van der Waals surface area (Å²) in [6.07, 6.45) is 0.361. The summed E-state index contributed by atoms with van der Waals surface area (Å²) in [7, 11) is -3.48. The smallest absolute Gasteiger partial charge is 0.237 e. The van der Waals surface area contributed by atoms with Crippen molar-refractivity contribution < 1.29 is 13.5 Å². The van der Waals surface area contributed by atoms with Crippen molar-refractivity contribution in [2.45, 2.75) is 38.9 Å². The van der Waals surface area contributed by atoms with Crippen molar-refractivity contribution in [3.63, 3.8) is 0 Å². The van der Waals surface area contributed by atoms with Gasteiger partial charge in [0.25, 0.3) is 0 Å². The van der Waals surface area contributed by atoms with Crippen molar-refractivity contribution in [2.24, 2.45) is 0 Å². The molecule has 0 atom stereocenters. The number of nitrogens with one attached hydrogen (secondary N) is 1. The highest BCUT2D eigenvalue weighted by molar-refractivity contribution is 7.94. The van der Waals surface area contributed by atoms with Gasteiger partial charge in [-0.3, -0.25) is 4.72 Å². The number of aliphatic hydroxyl groups is 1. The van der Waals surface area contributed by atoms with E-state index < -0.39 is 14.8 Å². The highest BCUT2D eigenvalue weighted by Gasteiger charge is 2.29. The second-order valence-electron chi connectivity index (χ2n) is 5.54. The van der Waals surface area contributed by atoms with Gasteiger partial charge in [-0.15, -0.1) is 0 Å². The van der Waals surface area contributed by atoms with E-state index in [0.29, 0.717) is 17.7 Å². The Morgan fingerprint density at radius 3 is 2.50 bits per heavy atom. The van der Waals surface area contributed by atoms with Crippen molar-refractivity contribution in [3.8, 4) is 11.8 Å². The predicted octanol–water partition coefficient (Wildman–Crippen LogP) is 2.27. The molecule has 4 nitrogen and oxygen atoms in total. The van der Waals surface area contributed by atoms with Crippen LogP contribution in [-0.4, -0.2) is 24.9 Å². The topological polar surface area (TPSA) is 66.4 Å². The number of anilines is 1. The number of sulfonamides is 1. The molecule has 0 unspecified atom stereocenters. The van der Waals surface area contributed by atoms with E-state index in [0.717, 1.165) is 5.56 Å². The molecule has 0 aliphatic heterocycles. The number of aliphatic hydroxyl groups excluding tert-OH is 1. The molecule has 1 aromatic carbocycles. The first-order chi connectivity index (χ1) is 9.17. The molecule has 0 bridgehead atoms. The van der Waals surface area contributed by atoms with E-state index in [9.17, 15) is 8.42 Å². The van der Waals surface area contributed by atoms with Crippen LogP contribution in [0.15, 0.2) is 18.2 Å². The average molecular weight is 295 g/mol. The van der Waals surface area contributed by atoms with Crippen LogP contribution in [-0.2, 0) is 10.0 Å². The summed E-state index contributed by atoms with van der Waals surface area (Å²) in [4.78, 5) is 0. The predicted molar refractivity (Wildman–Crippen MR) is 82.1 cm³/mol. The summed E-state index contributed by atoms with van der Waals surface area (Å²) in [5, 5.41) is 8.75. The van der Waals surface area contributed by atoms with Gasteiger partial charge in [-0.25, -0.2) is 8.42 Å². The number of aryl methyl sites for hydroxylation is 1. The Kier molecular flexibility index (Phi) is 5.21. The molecule has 0 aliphatic carbocycles. The fourth-order valence-corrected chi connectivity index (χ4v) is 2.14. The lowest BCUT2D eigenvalue weighted by molar-refractivity contribution is 0.305. The molecular weight excluding hydrogens is 274 g/mol. The van der Waals surface area contributed by atoms with Crippen LogP contribution in [0.4, 0.5) is 5.69 Å². The van der Waals surface area contributed by atoms with Gasteiger partial charge in [0.15, 0.2) is 0 Å². The highest BCUT2D eigenvalue weighted by Crippen LogP contribution is 2.23. The third kappa shape index (κ3) is 4.26. The summed E-state index contributed by atoms with van der Waals surface area (Å²) >= 11 is 0. The third-order valence-corrected chi connectivity index (χ3v) is 4.79. The average Bonchev–Trinajstić information content (AvgIpc) is 2.31. The van der Waals surface area contributed by atoms with Crippen LogP contribution in [0, 0.1) is 18.8 Å². The van der Waals surface area contributed by atoms with Crippen molar-refractivity contribution in [2.75, 3.05) is 11.3 Å². The van der Waals surface area contributed by atoms with Gasteiger partial charge >= 0.3 is 0 Å². The summed E-state index contributed by atoms with van der Waals surface area (Å²) in [5.74, 6) is 5.70. The Balaban J connectivity index is 3.17. The SMILES string of the molecule is Cc1ccc(NS(=O)(=O)C(C)(C)C)c(C#CCCO)c1. The van der Waals surface area contributed by atoms with Gasteiger partial charge in [0.2, 0.25) is 10.0 Å². The molecule has 1 aromatic rings. The Morgan fingerprint density at radius 2 is 1.95 bits per heavy atom. The zero-order valence-corrected chi connectivity index (χ0v) is 13.1. The monoisotopic (exact) mass is 295 g/mol. The van der Waals surface area contributed by atoms with E-state index >= 15 is 0 Å². The lowest BCUT2D eigenvalue weighted by Crippen LogP contribution is -2.33. The van der Waals surface area contributed by atoms with Crippen molar-refractivity contribution in [1.82, 2.24) is 0 Å². The summed E-state index contributed by atoms with van der Waals surface area (Å²) in [6, 6.07) is 5.37. The van der Waals surface area contributed by atoms with Crippen LogP contribution in [0.2, 0.25) is 0 Å². The Morgan fingerprint density at radius 1 is 1.30 bits per heavy atom.